The highest BCUT2D eigenvalue weighted by Gasteiger charge is 2.38. The van der Waals surface area contributed by atoms with Crippen LogP contribution in [0.25, 0.3) is 11.4 Å². The Balaban J connectivity index is 2.00. The summed E-state index contributed by atoms with van der Waals surface area (Å²) in [7, 11) is -1.99. The average Bonchev–Trinajstić information content (AvgIpc) is 3.05. The molecule has 0 N–H and O–H groups in total. The average molecular weight is 492 g/mol. The van der Waals surface area contributed by atoms with Crippen molar-refractivity contribution in [1.29, 1.82) is 0 Å². The van der Waals surface area contributed by atoms with Gasteiger partial charge in [-0.1, -0.05) is 32.4 Å². The lowest BCUT2D eigenvalue weighted by atomic mass is 10.1. The van der Waals surface area contributed by atoms with E-state index in [4.69, 9.17) is 16.0 Å². The van der Waals surface area contributed by atoms with Gasteiger partial charge in [-0.25, -0.2) is 8.78 Å². The molecule has 0 aliphatic carbocycles. The molecule has 0 spiro atoms. The van der Waals surface area contributed by atoms with Crippen LogP contribution in [-0.2, 0) is 4.43 Å². The van der Waals surface area contributed by atoms with E-state index in [1.54, 1.807) is 10.8 Å². The molecule has 0 fully saturated rings. The molecule has 1 aliphatic rings. The van der Waals surface area contributed by atoms with Crippen LogP contribution >= 0.6 is 27.5 Å². The van der Waals surface area contributed by atoms with Crippen LogP contribution in [-0.4, -0.2) is 42.4 Å². The third-order valence-corrected chi connectivity index (χ3v) is 11.3. The van der Waals surface area contributed by atoms with Crippen molar-refractivity contribution in [2.45, 2.75) is 44.9 Å². The first kappa shape index (κ1) is 21.5. The van der Waals surface area contributed by atoms with E-state index in [0.717, 1.165) is 6.07 Å². The lowest BCUT2D eigenvalue weighted by Gasteiger charge is -2.37. The SMILES string of the molecule is CC(C)(C)[Si](C)(C)OC[C@H]1CN=Cc2nnc(-c3cc(F)c(Br)c(Cl)c3F)n21. The van der Waals surface area contributed by atoms with E-state index in [9.17, 15) is 8.78 Å². The Hall–Kier alpha value is -1.16. The van der Waals surface area contributed by atoms with E-state index in [-0.39, 0.29) is 32.0 Å². The molecule has 0 radical (unpaired) electrons. The van der Waals surface area contributed by atoms with Gasteiger partial charge in [0, 0.05) is 0 Å². The highest BCUT2D eigenvalue weighted by atomic mass is 79.9. The second-order valence-electron chi connectivity index (χ2n) is 8.32. The summed E-state index contributed by atoms with van der Waals surface area (Å²) in [5, 5.41) is 7.88. The van der Waals surface area contributed by atoms with Crippen LogP contribution in [0.5, 0.6) is 0 Å². The number of benzene rings is 1. The maximum absolute atomic E-state index is 14.8. The summed E-state index contributed by atoms with van der Waals surface area (Å²) in [6, 6.07) is 0.851. The number of rotatable bonds is 4. The number of aliphatic imine (C=N–C) groups is 1. The normalized spacial score (nSPS) is 17.1. The molecule has 1 aliphatic heterocycles. The van der Waals surface area contributed by atoms with Gasteiger partial charge in [0.1, 0.15) is 5.82 Å². The van der Waals surface area contributed by atoms with Crippen molar-refractivity contribution >= 4 is 42.1 Å². The zero-order chi connectivity index (χ0) is 20.9. The van der Waals surface area contributed by atoms with Gasteiger partial charge in [0.15, 0.2) is 25.8 Å². The second kappa shape index (κ2) is 7.59. The van der Waals surface area contributed by atoms with Crippen molar-refractivity contribution < 1.29 is 13.2 Å². The predicted molar refractivity (Wildman–Crippen MR) is 113 cm³/mol. The summed E-state index contributed by atoms with van der Waals surface area (Å²) < 4.78 is 36.9. The molecule has 28 heavy (non-hydrogen) atoms. The number of hydrogen-bond acceptors (Lipinski definition) is 4. The first-order valence-corrected chi connectivity index (χ1v) is 12.9. The fourth-order valence-electron chi connectivity index (χ4n) is 2.66. The molecular formula is C18H22BrClF2N4OSi. The fraction of sp³-hybridized carbons (Fsp3) is 0.500. The Bertz CT molecular complexity index is 943. The number of fused-ring (bicyclic) bond motifs is 1. The van der Waals surface area contributed by atoms with Crippen molar-refractivity contribution in [1.82, 2.24) is 14.8 Å². The highest BCUT2D eigenvalue weighted by Crippen LogP contribution is 2.38. The van der Waals surface area contributed by atoms with Crippen LogP contribution in [0, 0.1) is 11.6 Å². The van der Waals surface area contributed by atoms with Crippen molar-refractivity contribution in [3.05, 3.63) is 33.0 Å². The molecule has 0 saturated carbocycles. The fourth-order valence-corrected chi connectivity index (χ4v) is 4.18. The van der Waals surface area contributed by atoms with Crippen molar-refractivity contribution in [2.75, 3.05) is 13.2 Å². The van der Waals surface area contributed by atoms with Crippen molar-refractivity contribution in [3.8, 4) is 11.4 Å². The van der Waals surface area contributed by atoms with Crippen molar-refractivity contribution in [2.24, 2.45) is 4.99 Å². The molecule has 0 bridgehead atoms. The topological polar surface area (TPSA) is 52.3 Å². The van der Waals surface area contributed by atoms with E-state index >= 15 is 0 Å². The molecule has 152 valence electrons. The lowest BCUT2D eigenvalue weighted by Crippen LogP contribution is -2.42. The van der Waals surface area contributed by atoms with E-state index < -0.39 is 20.0 Å². The summed E-state index contributed by atoms with van der Waals surface area (Å²) in [6.45, 7) is 11.6. The van der Waals surface area contributed by atoms with E-state index in [0.29, 0.717) is 19.0 Å². The van der Waals surface area contributed by atoms with E-state index in [1.807, 2.05) is 0 Å². The lowest BCUT2D eigenvalue weighted by molar-refractivity contribution is 0.231. The summed E-state index contributed by atoms with van der Waals surface area (Å²) in [4.78, 5) is 4.33. The summed E-state index contributed by atoms with van der Waals surface area (Å²) in [6.07, 6.45) is 1.58. The molecule has 2 heterocycles. The predicted octanol–water partition coefficient (Wildman–Crippen LogP) is 5.63. The maximum atomic E-state index is 14.8. The minimum atomic E-state index is -1.99. The van der Waals surface area contributed by atoms with Gasteiger partial charge < -0.3 is 4.43 Å². The smallest absolute Gasteiger partial charge is 0.192 e. The quantitative estimate of drug-likeness (QED) is 0.316. The Labute approximate surface area is 177 Å². The Kier molecular flexibility index (Phi) is 5.84. The zero-order valence-electron chi connectivity index (χ0n) is 16.4. The van der Waals surface area contributed by atoms with E-state index in [2.05, 4.69) is 65.0 Å². The van der Waals surface area contributed by atoms with Crippen LogP contribution in [0.1, 0.15) is 32.6 Å². The second-order valence-corrected chi connectivity index (χ2v) is 14.3. The monoisotopic (exact) mass is 490 g/mol. The van der Waals surface area contributed by atoms with Gasteiger partial charge in [-0.3, -0.25) is 9.56 Å². The number of aromatic nitrogens is 3. The molecule has 5 nitrogen and oxygen atoms in total. The zero-order valence-corrected chi connectivity index (χ0v) is 19.7. The summed E-state index contributed by atoms with van der Waals surface area (Å²) >= 11 is 8.88. The molecular weight excluding hydrogens is 470 g/mol. The minimum Gasteiger partial charge on any atom is -0.415 e. The van der Waals surface area contributed by atoms with Gasteiger partial charge in [-0.05, 0) is 40.1 Å². The van der Waals surface area contributed by atoms with Crippen molar-refractivity contribution in [3.63, 3.8) is 0 Å². The van der Waals surface area contributed by atoms with E-state index in [1.165, 1.54) is 0 Å². The standard InChI is InChI=1S/C18H22BrClF2N4OSi/c1-18(2,3)28(4,5)27-9-10-7-23-8-13-24-25-17(26(10)13)11-6-12(21)14(19)15(20)16(11)22/h6,8,10H,7,9H2,1-5H3/t10-/m1/s1. The molecule has 10 heteroatoms. The minimum absolute atomic E-state index is 0.0444. The Morgan fingerprint density at radius 2 is 2.00 bits per heavy atom. The molecule has 1 aromatic heterocycles. The molecule has 3 rings (SSSR count). The number of halogens is 4. The first-order valence-electron chi connectivity index (χ1n) is 8.86. The highest BCUT2D eigenvalue weighted by molar-refractivity contribution is 9.10. The van der Waals surface area contributed by atoms with Gasteiger partial charge >= 0.3 is 0 Å². The molecule has 1 atom stereocenters. The molecule has 2 aromatic rings. The van der Waals surface area contributed by atoms with Gasteiger partial charge in [0.05, 0.1) is 40.5 Å². The first-order chi connectivity index (χ1) is 12.9. The van der Waals surface area contributed by atoms with Crippen LogP contribution < -0.4 is 0 Å². The number of nitrogens with zero attached hydrogens (tertiary/aromatic N) is 4. The Morgan fingerprint density at radius 3 is 2.64 bits per heavy atom. The molecule has 0 saturated heterocycles. The van der Waals surface area contributed by atoms with Gasteiger partial charge in [-0.15, -0.1) is 10.2 Å². The van der Waals surface area contributed by atoms with Gasteiger partial charge in [0.2, 0.25) is 0 Å². The van der Waals surface area contributed by atoms with Gasteiger partial charge in [0.25, 0.3) is 0 Å². The van der Waals surface area contributed by atoms with Crippen LogP contribution in [0.15, 0.2) is 15.5 Å². The van der Waals surface area contributed by atoms with Crippen LogP contribution in [0.4, 0.5) is 8.78 Å². The maximum Gasteiger partial charge on any atom is 0.192 e. The number of hydrogen-bond donors (Lipinski definition) is 0. The third-order valence-electron chi connectivity index (χ3n) is 5.40. The third kappa shape index (κ3) is 3.81. The molecule has 1 aromatic carbocycles. The largest absolute Gasteiger partial charge is 0.415 e. The van der Waals surface area contributed by atoms with Crippen LogP contribution in [0.2, 0.25) is 23.2 Å². The van der Waals surface area contributed by atoms with Crippen LogP contribution in [0.3, 0.4) is 0 Å². The molecule has 0 unspecified atom stereocenters. The Morgan fingerprint density at radius 1 is 1.32 bits per heavy atom. The summed E-state index contributed by atoms with van der Waals surface area (Å²) in [5.74, 6) is -0.742. The molecule has 0 amide bonds. The summed E-state index contributed by atoms with van der Waals surface area (Å²) in [5.41, 5.74) is -0.0444. The van der Waals surface area contributed by atoms with Gasteiger partial charge in [-0.2, -0.15) is 0 Å².